The monoisotopic (exact) mass is 442 g/mol. The van der Waals surface area contributed by atoms with Gasteiger partial charge in [0.05, 0.1) is 12.2 Å². The van der Waals surface area contributed by atoms with E-state index in [0.717, 1.165) is 25.2 Å². The molecular formula is C30H50O2. The van der Waals surface area contributed by atoms with Crippen LogP contribution in [0.1, 0.15) is 107 Å². The Kier molecular flexibility index (Phi) is 6.11. The molecule has 2 N–H and O–H groups in total. The fraction of sp³-hybridized carbons (Fsp3) is 0.867. The summed E-state index contributed by atoms with van der Waals surface area (Å²) in [6.07, 6.45) is 13.4. The second-order valence-corrected chi connectivity index (χ2v) is 13.8. The Morgan fingerprint density at radius 1 is 0.875 bits per heavy atom. The van der Waals surface area contributed by atoms with Gasteiger partial charge in [-0.3, -0.25) is 0 Å². The van der Waals surface area contributed by atoms with Gasteiger partial charge < -0.3 is 10.2 Å². The van der Waals surface area contributed by atoms with E-state index in [1.165, 1.54) is 43.3 Å². The number of allylic oxidation sites excluding steroid dienone is 2. The van der Waals surface area contributed by atoms with Crippen LogP contribution in [0.2, 0.25) is 0 Å². The second kappa shape index (κ2) is 7.98. The first-order chi connectivity index (χ1) is 14.8. The zero-order valence-electron chi connectivity index (χ0n) is 22.2. The Morgan fingerprint density at radius 2 is 1.53 bits per heavy atom. The van der Waals surface area contributed by atoms with E-state index in [4.69, 9.17) is 0 Å². The number of aliphatic hydroxyl groups excluding tert-OH is 2. The molecule has 182 valence electrons. The topological polar surface area (TPSA) is 40.5 Å². The fourth-order valence-corrected chi connectivity index (χ4v) is 9.18. The Bertz CT molecular complexity index is 791. The van der Waals surface area contributed by atoms with E-state index in [1.807, 2.05) is 0 Å². The van der Waals surface area contributed by atoms with Crippen LogP contribution in [0.15, 0.2) is 23.3 Å². The SMILES string of the molecule is CC(C)CCC[C@@H](C)[C@H]1[C@@H](O)C[C@@]2(C)C3CC=C4C(=CC[C@H](O)C4(C)C)[C@]3(C)CC[C@]12C. The zero-order valence-corrected chi connectivity index (χ0v) is 22.2. The molecule has 0 saturated heterocycles. The smallest absolute Gasteiger partial charge is 0.0666 e. The van der Waals surface area contributed by atoms with Crippen LogP contribution in [-0.4, -0.2) is 22.4 Å². The Morgan fingerprint density at radius 3 is 2.19 bits per heavy atom. The minimum absolute atomic E-state index is 0.152. The van der Waals surface area contributed by atoms with E-state index in [1.54, 1.807) is 0 Å². The molecule has 2 heteroatoms. The van der Waals surface area contributed by atoms with Crippen LogP contribution in [0.3, 0.4) is 0 Å². The van der Waals surface area contributed by atoms with E-state index >= 15 is 0 Å². The highest BCUT2D eigenvalue weighted by molar-refractivity contribution is 5.48. The van der Waals surface area contributed by atoms with Gasteiger partial charge in [-0.15, -0.1) is 0 Å². The van der Waals surface area contributed by atoms with Crippen molar-refractivity contribution in [2.24, 2.45) is 45.3 Å². The van der Waals surface area contributed by atoms with E-state index in [-0.39, 0.29) is 33.9 Å². The van der Waals surface area contributed by atoms with Crippen molar-refractivity contribution in [2.75, 3.05) is 0 Å². The van der Waals surface area contributed by atoms with Crippen LogP contribution >= 0.6 is 0 Å². The lowest BCUT2D eigenvalue weighted by atomic mass is 9.41. The third-order valence-electron chi connectivity index (χ3n) is 11.4. The third kappa shape index (κ3) is 3.33. The molecule has 4 aliphatic carbocycles. The molecule has 0 amide bonds. The Labute approximate surface area is 198 Å². The lowest BCUT2D eigenvalue weighted by Gasteiger charge is -2.63. The molecular weight excluding hydrogens is 392 g/mol. The first-order valence-electron chi connectivity index (χ1n) is 13.6. The van der Waals surface area contributed by atoms with Gasteiger partial charge in [0.1, 0.15) is 0 Å². The van der Waals surface area contributed by atoms with Crippen LogP contribution in [0.25, 0.3) is 0 Å². The Hall–Kier alpha value is -0.600. The molecule has 0 bridgehead atoms. The van der Waals surface area contributed by atoms with Crippen molar-refractivity contribution in [2.45, 2.75) is 119 Å². The summed E-state index contributed by atoms with van der Waals surface area (Å²) in [5.41, 5.74) is 3.27. The van der Waals surface area contributed by atoms with Crippen molar-refractivity contribution < 1.29 is 10.2 Å². The molecule has 0 heterocycles. The molecule has 4 aliphatic rings. The maximum Gasteiger partial charge on any atom is 0.0666 e. The van der Waals surface area contributed by atoms with Gasteiger partial charge in [0, 0.05) is 5.41 Å². The summed E-state index contributed by atoms with van der Waals surface area (Å²) in [5.74, 6) is 2.32. The molecule has 0 aliphatic heterocycles. The van der Waals surface area contributed by atoms with Crippen LogP contribution in [0, 0.1) is 45.3 Å². The summed E-state index contributed by atoms with van der Waals surface area (Å²) in [5, 5.41) is 22.2. The van der Waals surface area contributed by atoms with Gasteiger partial charge in [0.2, 0.25) is 0 Å². The Balaban J connectivity index is 1.66. The molecule has 2 nitrogen and oxygen atoms in total. The maximum absolute atomic E-state index is 11.5. The minimum Gasteiger partial charge on any atom is -0.393 e. The van der Waals surface area contributed by atoms with Crippen LogP contribution in [0.4, 0.5) is 0 Å². The summed E-state index contributed by atoms with van der Waals surface area (Å²) in [6, 6.07) is 0. The first kappa shape index (κ1) is 24.5. The number of aliphatic hydroxyl groups is 2. The summed E-state index contributed by atoms with van der Waals surface area (Å²) < 4.78 is 0. The van der Waals surface area contributed by atoms with Crippen LogP contribution in [0.5, 0.6) is 0 Å². The van der Waals surface area contributed by atoms with Crippen molar-refractivity contribution >= 4 is 0 Å². The van der Waals surface area contributed by atoms with E-state index < -0.39 is 0 Å². The van der Waals surface area contributed by atoms with Gasteiger partial charge in [0.25, 0.3) is 0 Å². The van der Waals surface area contributed by atoms with Crippen molar-refractivity contribution in [3.63, 3.8) is 0 Å². The van der Waals surface area contributed by atoms with Gasteiger partial charge in [0.15, 0.2) is 0 Å². The summed E-state index contributed by atoms with van der Waals surface area (Å²) >= 11 is 0. The van der Waals surface area contributed by atoms with Gasteiger partial charge in [-0.05, 0) is 83.2 Å². The molecule has 0 aromatic carbocycles. The molecule has 2 fully saturated rings. The average Bonchev–Trinajstić information content (AvgIpc) is 2.90. The normalized spacial score (nSPS) is 46.1. The fourth-order valence-electron chi connectivity index (χ4n) is 9.18. The number of rotatable bonds is 5. The predicted octanol–water partition coefficient (Wildman–Crippen LogP) is 7.31. The minimum atomic E-state index is -0.286. The number of fused-ring (bicyclic) bond motifs is 5. The summed E-state index contributed by atoms with van der Waals surface area (Å²) in [7, 11) is 0. The lowest BCUT2D eigenvalue weighted by molar-refractivity contribution is -0.106. The molecule has 2 saturated carbocycles. The molecule has 32 heavy (non-hydrogen) atoms. The van der Waals surface area contributed by atoms with E-state index in [9.17, 15) is 10.2 Å². The van der Waals surface area contributed by atoms with E-state index in [2.05, 4.69) is 67.5 Å². The van der Waals surface area contributed by atoms with Crippen molar-refractivity contribution in [1.29, 1.82) is 0 Å². The second-order valence-electron chi connectivity index (χ2n) is 13.8. The van der Waals surface area contributed by atoms with Gasteiger partial charge in [-0.1, -0.05) is 86.8 Å². The average molecular weight is 443 g/mol. The summed E-state index contributed by atoms with van der Waals surface area (Å²) in [6.45, 7) is 19.1. The van der Waals surface area contributed by atoms with Crippen LogP contribution < -0.4 is 0 Å². The van der Waals surface area contributed by atoms with Gasteiger partial charge in [-0.25, -0.2) is 0 Å². The van der Waals surface area contributed by atoms with E-state index in [0.29, 0.717) is 17.8 Å². The molecule has 8 atom stereocenters. The predicted molar refractivity (Wildman–Crippen MR) is 134 cm³/mol. The van der Waals surface area contributed by atoms with Gasteiger partial charge in [-0.2, -0.15) is 0 Å². The molecule has 1 unspecified atom stereocenters. The zero-order chi connectivity index (χ0) is 23.7. The van der Waals surface area contributed by atoms with Crippen LogP contribution in [-0.2, 0) is 0 Å². The highest BCUT2D eigenvalue weighted by Crippen LogP contribution is 2.74. The standard InChI is InChI=1S/C30H50O2/c1-19(2)10-9-11-20(3)26-23(31)18-30(8)24-14-12-21-22(13-15-25(32)27(21,4)5)28(24,6)16-17-29(26,30)7/h12-13,19-20,23-26,31-32H,9-11,14-18H2,1-8H3/t20-,23+,24?,25+,26+,28+,29-,30+/m1/s1. The van der Waals surface area contributed by atoms with Gasteiger partial charge >= 0.3 is 0 Å². The first-order valence-corrected chi connectivity index (χ1v) is 13.6. The molecule has 0 aromatic rings. The highest BCUT2D eigenvalue weighted by Gasteiger charge is 2.68. The largest absolute Gasteiger partial charge is 0.393 e. The highest BCUT2D eigenvalue weighted by atomic mass is 16.3. The van der Waals surface area contributed by atoms with Crippen molar-refractivity contribution in [1.82, 2.24) is 0 Å². The molecule has 4 rings (SSSR count). The quantitative estimate of drug-likeness (QED) is 0.469. The lowest BCUT2D eigenvalue weighted by Crippen LogP contribution is -2.56. The molecule has 0 spiro atoms. The summed E-state index contributed by atoms with van der Waals surface area (Å²) in [4.78, 5) is 0. The molecule has 0 radical (unpaired) electrons. The third-order valence-corrected chi connectivity index (χ3v) is 11.4. The number of hydrogen-bond acceptors (Lipinski definition) is 2. The van der Waals surface area contributed by atoms with Crippen molar-refractivity contribution in [3.8, 4) is 0 Å². The number of hydrogen-bond donors (Lipinski definition) is 2. The van der Waals surface area contributed by atoms with Crippen molar-refractivity contribution in [3.05, 3.63) is 23.3 Å². The maximum atomic E-state index is 11.5. The molecule has 0 aromatic heterocycles.